The zero-order chi connectivity index (χ0) is 13.4. The summed E-state index contributed by atoms with van der Waals surface area (Å²) >= 11 is 0. The molecule has 1 aliphatic heterocycles. The lowest BCUT2D eigenvalue weighted by Crippen LogP contribution is -2.27. The Morgan fingerprint density at radius 2 is 1.95 bits per heavy atom. The van der Waals surface area contributed by atoms with Gasteiger partial charge in [-0.2, -0.15) is 0 Å². The molecule has 0 saturated carbocycles. The number of carboxylic acid groups (broad SMARTS) is 1. The van der Waals surface area contributed by atoms with E-state index in [2.05, 4.69) is 0 Å². The first-order valence-corrected chi connectivity index (χ1v) is 5.91. The van der Waals surface area contributed by atoms with Crippen molar-refractivity contribution >= 4 is 18.6 Å². The van der Waals surface area contributed by atoms with Crippen molar-refractivity contribution in [1.82, 2.24) is 0 Å². The fourth-order valence-electron chi connectivity index (χ4n) is 2.23. The van der Waals surface area contributed by atoms with Gasteiger partial charge in [-0.15, -0.1) is 0 Å². The second kappa shape index (κ2) is 4.53. The average Bonchev–Trinajstić information content (AvgIpc) is 2.80. The molecule has 19 heavy (non-hydrogen) atoms. The Bertz CT molecular complexity index is 654. The van der Waals surface area contributed by atoms with Crippen molar-refractivity contribution in [2.75, 3.05) is 0 Å². The van der Waals surface area contributed by atoms with E-state index in [-0.39, 0.29) is 5.56 Å². The van der Waals surface area contributed by atoms with E-state index < -0.39 is 13.1 Å². The van der Waals surface area contributed by atoms with Gasteiger partial charge in [-0.25, -0.2) is 4.79 Å². The van der Waals surface area contributed by atoms with Crippen LogP contribution < -0.4 is 5.46 Å². The number of rotatable bonds is 2. The van der Waals surface area contributed by atoms with Crippen LogP contribution in [0.5, 0.6) is 0 Å². The summed E-state index contributed by atoms with van der Waals surface area (Å²) in [6, 6.07) is 12.4. The fraction of sp³-hybridized carbons (Fsp3) is 0.0714. The minimum atomic E-state index is -0.952. The number of carboxylic acids is 1. The van der Waals surface area contributed by atoms with Gasteiger partial charge in [0, 0.05) is 0 Å². The average molecular weight is 254 g/mol. The summed E-state index contributed by atoms with van der Waals surface area (Å²) in [5.41, 5.74) is 3.63. The first-order valence-electron chi connectivity index (χ1n) is 5.91. The molecule has 0 amide bonds. The van der Waals surface area contributed by atoms with E-state index in [4.69, 9.17) is 9.76 Å². The Morgan fingerprint density at radius 3 is 2.74 bits per heavy atom. The number of hydrogen-bond acceptors (Lipinski definition) is 3. The van der Waals surface area contributed by atoms with Crippen LogP contribution in [0.25, 0.3) is 11.1 Å². The van der Waals surface area contributed by atoms with E-state index in [0.717, 1.165) is 22.2 Å². The van der Waals surface area contributed by atoms with Crippen LogP contribution in [0.3, 0.4) is 0 Å². The Morgan fingerprint density at radius 1 is 1.16 bits per heavy atom. The first kappa shape index (κ1) is 12.0. The smallest absolute Gasteiger partial charge is 0.478 e. The molecule has 0 radical (unpaired) electrons. The molecule has 0 bridgehead atoms. The fourth-order valence-corrected chi connectivity index (χ4v) is 2.23. The van der Waals surface area contributed by atoms with Crippen molar-refractivity contribution < 1.29 is 19.6 Å². The van der Waals surface area contributed by atoms with Crippen LogP contribution in [0.2, 0.25) is 0 Å². The van der Waals surface area contributed by atoms with Crippen LogP contribution in [0.15, 0.2) is 42.5 Å². The summed E-state index contributed by atoms with van der Waals surface area (Å²) in [4.78, 5) is 11.0. The highest BCUT2D eigenvalue weighted by Crippen LogP contribution is 2.22. The van der Waals surface area contributed by atoms with Gasteiger partial charge in [-0.05, 0) is 34.3 Å². The predicted molar refractivity (Wildman–Crippen MR) is 71.2 cm³/mol. The van der Waals surface area contributed by atoms with Gasteiger partial charge in [0.1, 0.15) is 0 Å². The maximum atomic E-state index is 11.0. The molecule has 0 atom stereocenters. The quantitative estimate of drug-likeness (QED) is 0.792. The molecule has 1 aliphatic rings. The summed E-state index contributed by atoms with van der Waals surface area (Å²) in [5.74, 6) is -0.952. The third kappa shape index (κ3) is 2.14. The number of carbonyl (C=O) groups is 1. The maximum absolute atomic E-state index is 11.0. The maximum Gasteiger partial charge on any atom is 0.491 e. The minimum absolute atomic E-state index is 0.245. The molecular weight excluding hydrogens is 243 g/mol. The van der Waals surface area contributed by atoms with Gasteiger partial charge in [0.05, 0.1) is 12.2 Å². The summed E-state index contributed by atoms with van der Waals surface area (Å²) in [6.07, 6.45) is 0. The van der Waals surface area contributed by atoms with Crippen molar-refractivity contribution in [3.05, 3.63) is 53.6 Å². The van der Waals surface area contributed by atoms with Crippen LogP contribution in [0.4, 0.5) is 0 Å². The third-order valence-electron chi connectivity index (χ3n) is 3.25. The second-order valence-corrected chi connectivity index (χ2v) is 4.46. The monoisotopic (exact) mass is 254 g/mol. The van der Waals surface area contributed by atoms with Gasteiger partial charge in [0.2, 0.25) is 0 Å². The molecule has 4 nitrogen and oxygen atoms in total. The minimum Gasteiger partial charge on any atom is -0.478 e. The number of benzene rings is 2. The molecule has 0 fully saturated rings. The molecule has 3 rings (SSSR count). The zero-order valence-corrected chi connectivity index (χ0v) is 10.0. The second-order valence-electron chi connectivity index (χ2n) is 4.46. The molecular formula is C14H11BO4. The van der Waals surface area contributed by atoms with Crippen LogP contribution >= 0.6 is 0 Å². The lowest BCUT2D eigenvalue weighted by atomic mass is 9.78. The molecule has 2 aromatic carbocycles. The summed E-state index contributed by atoms with van der Waals surface area (Å²) in [6.45, 7) is 0.409. The Hall–Kier alpha value is -2.11. The number of aromatic carboxylic acids is 1. The Kier molecular flexibility index (Phi) is 2.85. The van der Waals surface area contributed by atoms with Crippen LogP contribution in [0, 0.1) is 0 Å². The summed E-state index contributed by atoms with van der Waals surface area (Å²) in [7, 11) is -0.891. The van der Waals surface area contributed by atoms with Gasteiger partial charge in [-0.3, -0.25) is 0 Å². The van der Waals surface area contributed by atoms with E-state index in [1.165, 1.54) is 0 Å². The van der Waals surface area contributed by atoms with Crippen molar-refractivity contribution in [3.8, 4) is 11.1 Å². The van der Waals surface area contributed by atoms with Crippen molar-refractivity contribution in [2.45, 2.75) is 6.61 Å². The molecule has 94 valence electrons. The van der Waals surface area contributed by atoms with Crippen molar-refractivity contribution in [3.63, 3.8) is 0 Å². The van der Waals surface area contributed by atoms with Crippen LogP contribution in [-0.4, -0.2) is 23.2 Å². The highest BCUT2D eigenvalue weighted by molar-refractivity contribution is 6.61. The number of fused-ring (bicyclic) bond motifs is 1. The number of hydrogen-bond donors (Lipinski definition) is 2. The van der Waals surface area contributed by atoms with E-state index >= 15 is 0 Å². The van der Waals surface area contributed by atoms with Crippen molar-refractivity contribution in [1.29, 1.82) is 0 Å². The SMILES string of the molecule is O=C(O)c1cccc(-c2ccc3c(c2)B(O)OC3)c1. The topological polar surface area (TPSA) is 66.8 Å². The molecule has 1 heterocycles. The molecule has 5 heteroatoms. The third-order valence-corrected chi connectivity index (χ3v) is 3.25. The molecule has 0 saturated heterocycles. The molecule has 2 N–H and O–H groups in total. The van der Waals surface area contributed by atoms with Gasteiger partial charge in [0.15, 0.2) is 0 Å². The molecule has 0 spiro atoms. The van der Waals surface area contributed by atoms with E-state index in [0.29, 0.717) is 6.61 Å². The highest BCUT2D eigenvalue weighted by atomic mass is 16.5. The molecule has 0 unspecified atom stereocenters. The normalized spacial score (nSPS) is 13.4. The molecule has 2 aromatic rings. The Labute approximate surface area is 110 Å². The van der Waals surface area contributed by atoms with E-state index in [1.54, 1.807) is 18.2 Å². The lowest BCUT2D eigenvalue weighted by molar-refractivity contribution is 0.0697. The van der Waals surface area contributed by atoms with Crippen molar-refractivity contribution in [2.24, 2.45) is 0 Å². The van der Waals surface area contributed by atoms with Gasteiger partial charge < -0.3 is 14.8 Å². The lowest BCUT2D eigenvalue weighted by Gasteiger charge is -2.06. The van der Waals surface area contributed by atoms with Gasteiger partial charge in [-0.1, -0.05) is 30.3 Å². The van der Waals surface area contributed by atoms with Gasteiger partial charge >= 0.3 is 13.1 Å². The van der Waals surface area contributed by atoms with E-state index in [1.807, 2.05) is 24.3 Å². The first-order chi connectivity index (χ1) is 9.15. The molecule has 0 aliphatic carbocycles. The summed E-state index contributed by atoms with van der Waals surface area (Å²) < 4.78 is 5.14. The van der Waals surface area contributed by atoms with Gasteiger partial charge in [0.25, 0.3) is 0 Å². The predicted octanol–water partition coefficient (Wildman–Crippen LogP) is 1.27. The highest BCUT2D eigenvalue weighted by Gasteiger charge is 2.27. The van der Waals surface area contributed by atoms with E-state index in [9.17, 15) is 9.82 Å². The van der Waals surface area contributed by atoms with Crippen LogP contribution in [0.1, 0.15) is 15.9 Å². The van der Waals surface area contributed by atoms with Crippen LogP contribution in [-0.2, 0) is 11.3 Å². The Balaban J connectivity index is 2.05. The standard InChI is InChI=1S/C14H11BO4/c16-14(17)11-3-1-2-9(6-11)10-4-5-12-8-19-15(18)13(12)7-10/h1-7,18H,8H2,(H,16,17). The summed E-state index contributed by atoms with van der Waals surface area (Å²) in [5, 5.41) is 18.7. The zero-order valence-electron chi connectivity index (χ0n) is 10.0. The molecule has 0 aromatic heterocycles. The largest absolute Gasteiger partial charge is 0.491 e.